The zero-order chi connectivity index (χ0) is 36.5. The van der Waals surface area contributed by atoms with Gasteiger partial charge < -0.3 is 28.8 Å². The van der Waals surface area contributed by atoms with E-state index in [0.717, 1.165) is 51.4 Å². The molecule has 3 atom stereocenters. The first-order chi connectivity index (χ1) is 23.5. The van der Waals surface area contributed by atoms with Crippen molar-refractivity contribution in [2.24, 2.45) is 0 Å². The molecule has 0 bridgehead atoms. The van der Waals surface area contributed by atoms with Crippen molar-refractivity contribution in [3.8, 4) is 0 Å². The maximum Gasteiger partial charge on any atom is 0.268 e. The Hall–Kier alpha value is -0.760. The Labute approximate surface area is 303 Å². The predicted octanol–water partition coefficient (Wildman–Crippen LogP) is 10.2. The molecule has 0 fully saturated rings. The molecule has 0 saturated carbocycles. The molecular weight excluding hydrogens is 635 g/mol. The highest BCUT2D eigenvalue weighted by molar-refractivity contribution is 7.45. The molecule has 3 unspecified atom stereocenters. The number of unbranched alkanes of at least 4 members (excludes halogenated alkanes) is 22. The second-order valence-electron chi connectivity index (χ2n) is 15.3. The maximum absolute atomic E-state index is 12.8. The molecule has 2 N–H and O–H groups in total. The van der Waals surface area contributed by atoms with Crippen molar-refractivity contribution >= 4 is 13.7 Å². The zero-order valence-corrected chi connectivity index (χ0v) is 33.8. The largest absolute Gasteiger partial charge is 0.756 e. The van der Waals surface area contributed by atoms with E-state index in [4.69, 9.17) is 9.05 Å². The lowest BCUT2D eigenvalue weighted by atomic mass is 10.0. The molecule has 9 heteroatoms. The summed E-state index contributed by atoms with van der Waals surface area (Å²) in [5.41, 5.74) is 0. The molecule has 292 valence electrons. The lowest BCUT2D eigenvalue weighted by Crippen LogP contribution is -2.46. The molecule has 0 spiro atoms. The molecule has 49 heavy (non-hydrogen) atoms. The Balaban J connectivity index is 4.40. The number of quaternary nitrogens is 1. The second-order valence-corrected chi connectivity index (χ2v) is 16.8. The first-order valence-corrected chi connectivity index (χ1v) is 22.0. The van der Waals surface area contributed by atoms with E-state index in [1.54, 1.807) is 0 Å². The highest BCUT2D eigenvalue weighted by Gasteiger charge is 2.24. The van der Waals surface area contributed by atoms with Crippen LogP contribution in [-0.2, 0) is 18.4 Å². The van der Waals surface area contributed by atoms with E-state index in [-0.39, 0.29) is 19.1 Å². The number of nitrogens with zero attached hydrogens (tertiary/aromatic N) is 1. The number of carbonyl (C=O) groups excluding carboxylic acids is 1. The smallest absolute Gasteiger partial charge is 0.268 e. The average Bonchev–Trinajstić information content (AvgIpc) is 3.04. The molecule has 0 rings (SSSR count). The fourth-order valence-corrected chi connectivity index (χ4v) is 6.64. The summed E-state index contributed by atoms with van der Waals surface area (Å²) in [7, 11) is 1.30. The van der Waals surface area contributed by atoms with Crippen LogP contribution in [-0.4, -0.2) is 68.5 Å². The van der Waals surface area contributed by atoms with Crippen LogP contribution in [0.2, 0.25) is 0 Å². The number of carbonyl (C=O) groups is 1. The third kappa shape index (κ3) is 35.4. The number of hydrogen-bond acceptors (Lipinski definition) is 6. The van der Waals surface area contributed by atoms with E-state index in [0.29, 0.717) is 23.9 Å². The maximum atomic E-state index is 12.8. The van der Waals surface area contributed by atoms with Crippen molar-refractivity contribution < 1.29 is 32.9 Å². The third-order valence-electron chi connectivity index (χ3n) is 9.25. The van der Waals surface area contributed by atoms with Crippen molar-refractivity contribution in [1.82, 2.24) is 5.32 Å². The number of rotatable bonds is 37. The molecule has 8 nitrogen and oxygen atoms in total. The first kappa shape index (κ1) is 48.2. The van der Waals surface area contributed by atoms with Gasteiger partial charge in [-0.25, -0.2) is 0 Å². The molecule has 0 aliphatic carbocycles. The summed E-state index contributed by atoms with van der Waals surface area (Å²) in [6.07, 6.45) is 34.9. The first-order valence-electron chi connectivity index (χ1n) is 20.5. The highest BCUT2D eigenvalue weighted by atomic mass is 31.2. The topological polar surface area (TPSA) is 108 Å². The highest BCUT2D eigenvalue weighted by Crippen LogP contribution is 2.38. The summed E-state index contributed by atoms with van der Waals surface area (Å²) >= 11 is 0. The van der Waals surface area contributed by atoms with Gasteiger partial charge in [0.15, 0.2) is 0 Å². The molecule has 0 aromatic rings. The summed E-state index contributed by atoms with van der Waals surface area (Å²) in [5, 5.41) is 13.8. The monoisotopic (exact) mass is 717 g/mol. The van der Waals surface area contributed by atoms with E-state index in [2.05, 4.69) is 31.3 Å². The van der Waals surface area contributed by atoms with Crippen molar-refractivity contribution in [3.63, 3.8) is 0 Å². The van der Waals surface area contributed by atoms with Crippen LogP contribution in [0.1, 0.15) is 187 Å². The average molecular weight is 717 g/mol. The zero-order valence-electron chi connectivity index (χ0n) is 32.9. The van der Waals surface area contributed by atoms with E-state index in [1.807, 2.05) is 21.1 Å². The minimum atomic E-state index is -4.55. The molecule has 0 radical (unpaired) electrons. The predicted molar refractivity (Wildman–Crippen MR) is 205 cm³/mol. The SMILES string of the molecule is CCCCCCCCC/C=C\CCCCCCCC(=O)NC(COP(=O)([O-])OCC[N+](C)(C)C)C(O)CCCCCCCCCCCCC. The van der Waals surface area contributed by atoms with E-state index in [1.165, 1.54) is 109 Å². The molecule has 0 heterocycles. The van der Waals surface area contributed by atoms with Gasteiger partial charge in [0, 0.05) is 6.42 Å². The number of allylic oxidation sites excluding steroid dienone is 2. The van der Waals surface area contributed by atoms with E-state index < -0.39 is 20.0 Å². The van der Waals surface area contributed by atoms with Gasteiger partial charge in [0.2, 0.25) is 5.91 Å². The lowest BCUT2D eigenvalue weighted by molar-refractivity contribution is -0.870. The van der Waals surface area contributed by atoms with Crippen LogP contribution in [0.5, 0.6) is 0 Å². The Morgan fingerprint density at radius 1 is 0.694 bits per heavy atom. The van der Waals surface area contributed by atoms with Gasteiger partial charge >= 0.3 is 0 Å². The van der Waals surface area contributed by atoms with Crippen LogP contribution in [0.25, 0.3) is 0 Å². The number of likely N-dealkylation sites (N-methyl/N-ethyl adjacent to an activating group) is 1. The standard InChI is InChI=1S/C40H81N2O6P/c1-6-8-10-12-14-16-18-19-20-21-22-24-26-28-30-32-34-40(44)41-38(37-48-49(45,46)47-36-35-42(3,4)5)39(43)33-31-29-27-25-23-17-15-13-11-9-7-2/h20-21,38-39,43H,6-19,22-37H2,1-5H3,(H-,41,44,45,46)/b21-20-. The number of aliphatic hydroxyl groups excluding tert-OH is 1. The van der Waals surface area contributed by atoms with Gasteiger partial charge in [0.1, 0.15) is 13.2 Å². The summed E-state index contributed by atoms with van der Waals surface area (Å²) in [6.45, 7) is 4.69. The molecule has 0 saturated heterocycles. The molecule has 0 aliphatic heterocycles. The fraction of sp³-hybridized carbons (Fsp3) is 0.925. The second kappa shape index (κ2) is 33.1. The van der Waals surface area contributed by atoms with Gasteiger partial charge in [0.05, 0.1) is 39.9 Å². The minimum Gasteiger partial charge on any atom is -0.756 e. The van der Waals surface area contributed by atoms with Gasteiger partial charge in [-0.1, -0.05) is 154 Å². The van der Waals surface area contributed by atoms with Crippen molar-refractivity contribution in [1.29, 1.82) is 0 Å². The van der Waals surface area contributed by atoms with Crippen LogP contribution in [0, 0.1) is 0 Å². The lowest BCUT2D eigenvalue weighted by Gasteiger charge is -2.30. The molecule has 0 aromatic carbocycles. The molecule has 1 amide bonds. The summed E-state index contributed by atoms with van der Waals surface area (Å²) in [4.78, 5) is 25.2. The molecular formula is C40H81N2O6P. The Morgan fingerprint density at radius 3 is 1.59 bits per heavy atom. The Bertz CT molecular complexity index is 819. The van der Waals surface area contributed by atoms with Crippen LogP contribution < -0.4 is 10.2 Å². The van der Waals surface area contributed by atoms with Gasteiger partial charge in [-0.15, -0.1) is 0 Å². The molecule has 0 aliphatic rings. The number of aliphatic hydroxyl groups is 1. The summed E-state index contributed by atoms with van der Waals surface area (Å²) in [5.74, 6) is -0.174. The Kier molecular flexibility index (Phi) is 32.6. The van der Waals surface area contributed by atoms with E-state index >= 15 is 0 Å². The van der Waals surface area contributed by atoms with Crippen LogP contribution in [0.15, 0.2) is 12.2 Å². The van der Waals surface area contributed by atoms with Crippen LogP contribution in [0.3, 0.4) is 0 Å². The van der Waals surface area contributed by atoms with Gasteiger partial charge in [-0.05, 0) is 38.5 Å². The van der Waals surface area contributed by atoms with Gasteiger partial charge in [-0.2, -0.15) is 0 Å². The van der Waals surface area contributed by atoms with Crippen molar-refractivity contribution in [2.45, 2.75) is 199 Å². The normalized spacial score (nSPS) is 14.7. The number of amides is 1. The van der Waals surface area contributed by atoms with E-state index in [9.17, 15) is 19.4 Å². The van der Waals surface area contributed by atoms with Gasteiger partial charge in [-0.3, -0.25) is 9.36 Å². The van der Waals surface area contributed by atoms with Crippen LogP contribution >= 0.6 is 7.82 Å². The number of nitrogens with one attached hydrogen (secondary N) is 1. The quantitative estimate of drug-likeness (QED) is 0.0287. The summed E-state index contributed by atoms with van der Waals surface area (Å²) in [6, 6.07) is -0.798. The number of phosphoric acid groups is 1. The van der Waals surface area contributed by atoms with Crippen molar-refractivity contribution in [3.05, 3.63) is 12.2 Å². The minimum absolute atomic E-state index is 0.0120. The molecule has 0 aromatic heterocycles. The summed E-state index contributed by atoms with van der Waals surface area (Å²) < 4.78 is 23.2. The Morgan fingerprint density at radius 2 is 1.12 bits per heavy atom. The number of hydrogen-bond donors (Lipinski definition) is 2. The third-order valence-corrected chi connectivity index (χ3v) is 10.2. The van der Waals surface area contributed by atoms with Gasteiger partial charge in [0.25, 0.3) is 7.82 Å². The van der Waals surface area contributed by atoms with Crippen molar-refractivity contribution in [2.75, 3.05) is 40.9 Å². The fourth-order valence-electron chi connectivity index (χ4n) is 5.92. The number of phosphoric ester groups is 1. The van der Waals surface area contributed by atoms with Crippen LogP contribution in [0.4, 0.5) is 0 Å².